The van der Waals surface area contributed by atoms with Gasteiger partial charge in [0.25, 0.3) is 0 Å². The predicted molar refractivity (Wildman–Crippen MR) is 106 cm³/mol. The minimum atomic E-state index is -0.472. The molecule has 0 saturated heterocycles. The Hall–Kier alpha value is -2.74. The third-order valence-corrected chi connectivity index (χ3v) is 4.71. The van der Waals surface area contributed by atoms with Crippen molar-refractivity contribution in [2.24, 2.45) is 22.2 Å². The number of benzene rings is 1. The van der Waals surface area contributed by atoms with Crippen LogP contribution in [0.4, 0.5) is 0 Å². The zero-order valence-corrected chi connectivity index (χ0v) is 16.8. The Balaban J connectivity index is 1.94. The second-order valence-electron chi connectivity index (χ2n) is 7.87. The lowest BCUT2D eigenvalue weighted by atomic mass is 10.0. The summed E-state index contributed by atoms with van der Waals surface area (Å²) in [5, 5.41) is 19.1. The first-order valence-corrected chi connectivity index (χ1v) is 9.66. The number of nitrogens with zero attached hydrogens (tertiary/aromatic N) is 5. The molecule has 150 valence electrons. The first-order valence-electron chi connectivity index (χ1n) is 9.66. The van der Waals surface area contributed by atoms with Gasteiger partial charge in [0.2, 0.25) is 5.91 Å². The summed E-state index contributed by atoms with van der Waals surface area (Å²) in [7, 11) is 0. The van der Waals surface area contributed by atoms with E-state index in [1.807, 2.05) is 23.2 Å². The van der Waals surface area contributed by atoms with Gasteiger partial charge in [-0.1, -0.05) is 45.1 Å². The molecule has 3 rings (SSSR count). The Morgan fingerprint density at radius 3 is 2.71 bits per heavy atom. The molecule has 0 fully saturated rings. The number of carbonyl (C=O) groups excluding carboxylic acids is 1. The first kappa shape index (κ1) is 20.0. The van der Waals surface area contributed by atoms with Crippen LogP contribution in [-0.2, 0) is 11.3 Å². The number of amides is 1. The van der Waals surface area contributed by atoms with Crippen LogP contribution in [0.5, 0.6) is 0 Å². The SMILES string of the molecule is CC(C)Cn1c(C(C(C)C)N2C/C(=C/CC(=O)NO)N=N2)nc2ccccc21. The average molecular weight is 384 g/mol. The van der Waals surface area contributed by atoms with Crippen molar-refractivity contribution in [2.45, 2.75) is 46.7 Å². The maximum absolute atomic E-state index is 11.3. The van der Waals surface area contributed by atoms with Gasteiger partial charge < -0.3 is 4.57 Å². The van der Waals surface area contributed by atoms with Gasteiger partial charge in [0.15, 0.2) is 0 Å². The molecule has 0 radical (unpaired) electrons. The summed E-state index contributed by atoms with van der Waals surface area (Å²) in [4.78, 5) is 16.2. The lowest BCUT2D eigenvalue weighted by molar-refractivity contribution is -0.128. The number of hydrogen-bond acceptors (Lipinski definition) is 6. The Morgan fingerprint density at radius 1 is 1.29 bits per heavy atom. The molecule has 1 aliphatic rings. The number of imidazole rings is 1. The van der Waals surface area contributed by atoms with E-state index >= 15 is 0 Å². The van der Waals surface area contributed by atoms with Crippen molar-refractivity contribution >= 4 is 16.9 Å². The van der Waals surface area contributed by atoms with Gasteiger partial charge in [-0.05, 0) is 30.0 Å². The van der Waals surface area contributed by atoms with Crippen LogP contribution in [-0.4, -0.2) is 32.2 Å². The van der Waals surface area contributed by atoms with Gasteiger partial charge in [-0.3, -0.25) is 15.0 Å². The highest BCUT2D eigenvalue weighted by Gasteiger charge is 2.31. The third kappa shape index (κ3) is 4.22. The van der Waals surface area contributed by atoms with Crippen LogP contribution in [0.2, 0.25) is 0 Å². The molecule has 1 unspecified atom stereocenters. The van der Waals surface area contributed by atoms with Crippen LogP contribution in [0.3, 0.4) is 0 Å². The van der Waals surface area contributed by atoms with Crippen molar-refractivity contribution in [3.05, 3.63) is 41.9 Å². The maximum Gasteiger partial charge on any atom is 0.247 e. The highest BCUT2D eigenvalue weighted by atomic mass is 16.5. The van der Waals surface area contributed by atoms with E-state index in [4.69, 9.17) is 10.2 Å². The molecule has 0 spiro atoms. The molecule has 1 atom stereocenters. The molecule has 0 saturated carbocycles. The lowest BCUT2D eigenvalue weighted by Gasteiger charge is -2.28. The summed E-state index contributed by atoms with van der Waals surface area (Å²) in [5.41, 5.74) is 4.44. The van der Waals surface area contributed by atoms with Gasteiger partial charge >= 0.3 is 0 Å². The minimum Gasteiger partial charge on any atom is -0.326 e. The molecule has 1 aliphatic heterocycles. The summed E-state index contributed by atoms with van der Waals surface area (Å²) in [6, 6.07) is 8.16. The fraction of sp³-hybridized carbons (Fsp3) is 0.500. The molecule has 1 amide bonds. The van der Waals surface area contributed by atoms with E-state index in [1.165, 1.54) is 0 Å². The van der Waals surface area contributed by atoms with E-state index < -0.39 is 5.91 Å². The van der Waals surface area contributed by atoms with Crippen LogP contribution in [0.25, 0.3) is 11.0 Å². The van der Waals surface area contributed by atoms with E-state index in [-0.39, 0.29) is 18.4 Å². The van der Waals surface area contributed by atoms with Gasteiger partial charge in [0, 0.05) is 13.0 Å². The largest absolute Gasteiger partial charge is 0.326 e. The fourth-order valence-electron chi connectivity index (χ4n) is 3.51. The Bertz CT molecular complexity index is 899. The zero-order chi connectivity index (χ0) is 20.3. The van der Waals surface area contributed by atoms with Crippen molar-refractivity contribution in [3.8, 4) is 0 Å². The third-order valence-electron chi connectivity index (χ3n) is 4.71. The first-order chi connectivity index (χ1) is 13.4. The second kappa shape index (κ2) is 8.52. The van der Waals surface area contributed by atoms with Crippen LogP contribution < -0.4 is 5.48 Å². The smallest absolute Gasteiger partial charge is 0.247 e. The van der Waals surface area contributed by atoms with Crippen molar-refractivity contribution in [2.75, 3.05) is 6.54 Å². The van der Waals surface area contributed by atoms with E-state index in [1.54, 1.807) is 11.6 Å². The molecule has 1 aromatic heterocycles. The molecule has 28 heavy (non-hydrogen) atoms. The standard InChI is InChI=1S/C20H28N6O2/c1-13(2)11-25-17-8-6-5-7-16(17)21-20(25)19(14(3)4)26-12-15(22-24-26)9-10-18(27)23-28/h5-9,13-14,19,28H,10-12H2,1-4H3,(H,23,27)/b15-9-. The topological polar surface area (TPSA) is 95.1 Å². The van der Waals surface area contributed by atoms with Crippen LogP contribution in [0.15, 0.2) is 46.4 Å². The Kier molecular flexibility index (Phi) is 6.08. The van der Waals surface area contributed by atoms with Crippen molar-refractivity contribution in [1.82, 2.24) is 20.0 Å². The molecule has 0 aliphatic carbocycles. The number of hydrogen-bond donors (Lipinski definition) is 2. The van der Waals surface area contributed by atoms with Crippen molar-refractivity contribution in [3.63, 3.8) is 0 Å². The number of carbonyl (C=O) groups is 1. The number of para-hydroxylation sites is 2. The predicted octanol–water partition coefficient (Wildman–Crippen LogP) is 3.85. The summed E-state index contributed by atoms with van der Waals surface area (Å²) in [6.07, 6.45) is 1.75. The number of aromatic nitrogens is 2. The van der Waals surface area contributed by atoms with Crippen LogP contribution in [0, 0.1) is 11.8 Å². The van der Waals surface area contributed by atoms with Gasteiger partial charge in [0.05, 0.1) is 23.3 Å². The van der Waals surface area contributed by atoms with Crippen LogP contribution >= 0.6 is 0 Å². The number of fused-ring (bicyclic) bond motifs is 1. The van der Waals surface area contributed by atoms with Gasteiger partial charge in [-0.25, -0.2) is 10.5 Å². The van der Waals surface area contributed by atoms with Gasteiger partial charge in [-0.15, -0.1) is 5.11 Å². The summed E-state index contributed by atoms with van der Waals surface area (Å²) >= 11 is 0. The summed E-state index contributed by atoms with van der Waals surface area (Å²) in [5.74, 6) is 1.26. The monoisotopic (exact) mass is 384 g/mol. The lowest BCUT2D eigenvalue weighted by Crippen LogP contribution is -2.29. The van der Waals surface area contributed by atoms with Gasteiger partial charge in [-0.2, -0.15) is 0 Å². The zero-order valence-electron chi connectivity index (χ0n) is 16.8. The normalized spacial score (nSPS) is 16.7. The van der Waals surface area contributed by atoms with Crippen molar-refractivity contribution < 1.29 is 10.0 Å². The average Bonchev–Trinajstić information content (AvgIpc) is 3.25. The molecule has 1 aromatic carbocycles. The van der Waals surface area contributed by atoms with E-state index in [2.05, 4.69) is 48.7 Å². The van der Waals surface area contributed by atoms with Crippen molar-refractivity contribution in [1.29, 1.82) is 0 Å². The molecule has 8 heteroatoms. The molecule has 2 aromatic rings. The van der Waals surface area contributed by atoms with E-state index in [9.17, 15) is 4.79 Å². The number of rotatable bonds is 7. The minimum absolute atomic E-state index is 0.0348. The number of nitrogens with one attached hydrogen (secondary N) is 1. The highest BCUT2D eigenvalue weighted by Crippen LogP contribution is 2.34. The summed E-state index contributed by atoms with van der Waals surface area (Å²) in [6.45, 7) is 10.1. The van der Waals surface area contributed by atoms with Gasteiger partial charge in [0.1, 0.15) is 11.9 Å². The highest BCUT2D eigenvalue weighted by molar-refractivity contribution is 5.76. The molecular weight excluding hydrogens is 356 g/mol. The molecule has 2 heterocycles. The number of hydroxylamine groups is 1. The molecular formula is C20H28N6O2. The summed E-state index contributed by atoms with van der Waals surface area (Å²) < 4.78 is 2.29. The fourth-order valence-corrected chi connectivity index (χ4v) is 3.51. The quantitative estimate of drug-likeness (QED) is 0.560. The van der Waals surface area contributed by atoms with Crippen LogP contribution in [0.1, 0.15) is 46.0 Å². The maximum atomic E-state index is 11.3. The van der Waals surface area contributed by atoms with E-state index in [0.29, 0.717) is 18.2 Å². The Morgan fingerprint density at radius 2 is 2.04 bits per heavy atom. The Labute approximate surface area is 164 Å². The molecule has 0 bridgehead atoms. The second-order valence-corrected chi connectivity index (χ2v) is 7.87. The molecule has 8 nitrogen and oxygen atoms in total. The van der Waals surface area contributed by atoms with E-state index in [0.717, 1.165) is 23.4 Å². The molecule has 2 N–H and O–H groups in total.